The monoisotopic (exact) mass is 248 g/mol. The zero-order valence-corrected chi connectivity index (χ0v) is 10.8. The molecule has 1 aromatic rings. The molecule has 0 saturated carbocycles. The van der Waals surface area contributed by atoms with Gasteiger partial charge in [0.15, 0.2) is 6.61 Å². The van der Waals surface area contributed by atoms with Crippen molar-refractivity contribution in [3.8, 4) is 5.75 Å². The second kappa shape index (κ2) is 5.87. The summed E-state index contributed by atoms with van der Waals surface area (Å²) in [6.45, 7) is 3.72. The molecule has 1 aromatic carbocycles. The summed E-state index contributed by atoms with van der Waals surface area (Å²) in [6, 6.07) is 7.51. The fourth-order valence-electron chi connectivity index (χ4n) is 2.19. The third kappa shape index (κ3) is 3.01. The van der Waals surface area contributed by atoms with Crippen molar-refractivity contribution in [3.63, 3.8) is 0 Å². The fourth-order valence-corrected chi connectivity index (χ4v) is 2.19. The van der Waals surface area contributed by atoms with E-state index < -0.39 is 0 Å². The minimum Gasteiger partial charge on any atom is -0.483 e. The molecule has 0 bridgehead atoms. The summed E-state index contributed by atoms with van der Waals surface area (Å²) in [5.41, 5.74) is 6.80. The number of para-hydroxylation sites is 1. The molecule has 1 aliphatic rings. The van der Waals surface area contributed by atoms with Gasteiger partial charge in [0, 0.05) is 24.7 Å². The van der Waals surface area contributed by atoms with Gasteiger partial charge in [-0.2, -0.15) is 0 Å². The SMILES string of the molecule is C[C@@H](N)c1ccccc1OCC(=O)N1CCCC1. The molecule has 0 aromatic heterocycles. The third-order valence-electron chi connectivity index (χ3n) is 3.22. The van der Waals surface area contributed by atoms with Crippen LogP contribution in [-0.4, -0.2) is 30.5 Å². The van der Waals surface area contributed by atoms with Crippen LogP contribution < -0.4 is 10.5 Å². The van der Waals surface area contributed by atoms with E-state index in [0.717, 1.165) is 31.5 Å². The molecule has 0 unspecified atom stereocenters. The number of benzene rings is 1. The van der Waals surface area contributed by atoms with Crippen LogP contribution in [0.25, 0.3) is 0 Å². The lowest BCUT2D eigenvalue weighted by atomic mass is 10.1. The fraction of sp³-hybridized carbons (Fsp3) is 0.500. The Balaban J connectivity index is 1.95. The lowest BCUT2D eigenvalue weighted by Gasteiger charge is -2.17. The minimum atomic E-state index is -0.0944. The van der Waals surface area contributed by atoms with Crippen LogP contribution in [0.3, 0.4) is 0 Å². The van der Waals surface area contributed by atoms with Crippen molar-refractivity contribution in [2.45, 2.75) is 25.8 Å². The Morgan fingerprint density at radius 3 is 2.72 bits per heavy atom. The Hall–Kier alpha value is -1.55. The summed E-state index contributed by atoms with van der Waals surface area (Å²) < 4.78 is 5.60. The lowest BCUT2D eigenvalue weighted by molar-refractivity contribution is -0.132. The molecule has 2 N–H and O–H groups in total. The topological polar surface area (TPSA) is 55.6 Å². The van der Waals surface area contributed by atoms with Crippen molar-refractivity contribution in [1.29, 1.82) is 0 Å². The van der Waals surface area contributed by atoms with Gasteiger partial charge in [-0.15, -0.1) is 0 Å². The molecular weight excluding hydrogens is 228 g/mol. The van der Waals surface area contributed by atoms with E-state index in [4.69, 9.17) is 10.5 Å². The summed E-state index contributed by atoms with van der Waals surface area (Å²) >= 11 is 0. The van der Waals surface area contributed by atoms with E-state index >= 15 is 0 Å². The molecular formula is C14H20N2O2. The number of ether oxygens (including phenoxy) is 1. The highest BCUT2D eigenvalue weighted by atomic mass is 16.5. The van der Waals surface area contributed by atoms with Crippen molar-refractivity contribution in [1.82, 2.24) is 4.90 Å². The first-order chi connectivity index (χ1) is 8.68. The molecule has 1 saturated heterocycles. The minimum absolute atomic E-state index is 0.0620. The van der Waals surface area contributed by atoms with Crippen LogP contribution in [0.4, 0.5) is 0 Å². The molecule has 0 aliphatic carbocycles. The van der Waals surface area contributed by atoms with Crippen LogP contribution in [0.5, 0.6) is 5.75 Å². The largest absolute Gasteiger partial charge is 0.483 e. The van der Waals surface area contributed by atoms with Gasteiger partial charge in [-0.1, -0.05) is 18.2 Å². The first kappa shape index (κ1) is 12.9. The number of nitrogens with zero attached hydrogens (tertiary/aromatic N) is 1. The first-order valence-corrected chi connectivity index (χ1v) is 6.43. The molecule has 98 valence electrons. The van der Waals surface area contributed by atoms with Crippen LogP contribution in [0, 0.1) is 0 Å². The van der Waals surface area contributed by atoms with Gasteiger partial charge in [0.2, 0.25) is 0 Å². The van der Waals surface area contributed by atoms with Crippen LogP contribution in [-0.2, 0) is 4.79 Å². The van der Waals surface area contributed by atoms with Crippen molar-refractivity contribution in [2.75, 3.05) is 19.7 Å². The third-order valence-corrected chi connectivity index (χ3v) is 3.22. The van der Waals surface area contributed by atoms with E-state index in [1.807, 2.05) is 36.1 Å². The summed E-state index contributed by atoms with van der Waals surface area (Å²) in [4.78, 5) is 13.7. The highest BCUT2D eigenvalue weighted by Gasteiger charge is 2.18. The smallest absolute Gasteiger partial charge is 0.260 e. The van der Waals surface area contributed by atoms with Gasteiger partial charge in [-0.3, -0.25) is 4.79 Å². The quantitative estimate of drug-likeness (QED) is 0.882. The van der Waals surface area contributed by atoms with Crippen molar-refractivity contribution < 1.29 is 9.53 Å². The Labute approximate surface area is 108 Å². The molecule has 1 aliphatic heterocycles. The number of nitrogens with two attached hydrogens (primary N) is 1. The zero-order valence-electron chi connectivity index (χ0n) is 10.8. The molecule has 4 heteroatoms. The highest BCUT2D eigenvalue weighted by molar-refractivity contribution is 5.78. The molecule has 18 heavy (non-hydrogen) atoms. The maximum Gasteiger partial charge on any atom is 0.260 e. The van der Waals surface area contributed by atoms with Gasteiger partial charge in [-0.25, -0.2) is 0 Å². The number of rotatable bonds is 4. The van der Waals surface area contributed by atoms with Crippen molar-refractivity contribution in [2.24, 2.45) is 5.73 Å². The van der Waals surface area contributed by atoms with Crippen molar-refractivity contribution in [3.05, 3.63) is 29.8 Å². The number of amides is 1. The number of carbonyl (C=O) groups excluding carboxylic acids is 1. The van der Waals surface area contributed by atoms with Crippen LogP contribution in [0.2, 0.25) is 0 Å². The van der Waals surface area contributed by atoms with Crippen LogP contribution in [0.1, 0.15) is 31.4 Å². The average molecular weight is 248 g/mol. The first-order valence-electron chi connectivity index (χ1n) is 6.43. The number of hydrogen-bond donors (Lipinski definition) is 1. The lowest BCUT2D eigenvalue weighted by Crippen LogP contribution is -2.32. The van der Waals surface area contributed by atoms with Gasteiger partial charge in [0.05, 0.1) is 0 Å². The van der Waals surface area contributed by atoms with Gasteiger partial charge in [0.1, 0.15) is 5.75 Å². The zero-order chi connectivity index (χ0) is 13.0. The molecule has 1 heterocycles. The Morgan fingerprint density at radius 2 is 2.06 bits per heavy atom. The second-order valence-electron chi connectivity index (χ2n) is 4.70. The van der Waals surface area contributed by atoms with Gasteiger partial charge in [0.25, 0.3) is 5.91 Å². The van der Waals surface area contributed by atoms with E-state index in [1.165, 1.54) is 0 Å². The highest BCUT2D eigenvalue weighted by Crippen LogP contribution is 2.23. The van der Waals surface area contributed by atoms with E-state index in [-0.39, 0.29) is 18.6 Å². The maximum atomic E-state index is 11.9. The molecule has 0 radical (unpaired) electrons. The van der Waals surface area contributed by atoms with Crippen molar-refractivity contribution >= 4 is 5.91 Å². The molecule has 1 atom stereocenters. The summed E-state index contributed by atoms with van der Waals surface area (Å²) in [5, 5.41) is 0. The predicted molar refractivity (Wildman–Crippen MR) is 70.4 cm³/mol. The predicted octanol–water partition coefficient (Wildman–Crippen LogP) is 1.71. The average Bonchev–Trinajstić information content (AvgIpc) is 2.90. The Morgan fingerprint density at radius 1 is 1.39 bits per heavy atom. The van der Waals surface area contributed by atoms with Gasteiger partial charge in [-0.05, 0) is 25.8 Å². The Bertz CT molecular complexity index is 412. The van der Waals surface area contributed by atoms with Crippen LogP contribution >= 0.6 is 0 Å². The summed E-state index contributed by atoms with van der Waals surface area (Å²) in [7, 11) is 0. The molecule has 1 fully saturated rings. The van der Waals surface area contributed by atoms with E-state index in [1.54, 1.807) is 0 Å². The normalized spacial score (nSPS) is 16.7. The number of carbonyl (C=O) groups is 1. The maximum absolute atomic E-state index is 11.9. The van der Waals surface area contributed by atoms with E-state index in [0.29, 0.717) is 5.75 Å². The number of likely N-dealkylation sites (tertiary alicyclic amines) is 1. The molecule has 4 nitrogen and oxygen atoms in total. The van der Waals surface area contributed by atoms with Gasteiger partial charge < -0.3 is 15.4 Å². The van der Waals surface area contributed by atoms with Gasteiger partial charge >= 0.3 is 0 Å². The number of hydrogen-bond acceptors (Lipinski definition) is 3. The summed E-state index contributed by atoms with van der Waals surface area (Å²) in [6.07, 6.45) is 2.20. The summed E-state index contributed by atoms with van der Waals surface area (Å²) in [5.74, 6) is 0.770. The standard InChI is InChI=1S/C14H20N2O2/c1-11(15)12-6-2-3-7-13(12)18-10-14(17)16-8-4-5-9-16/h2-3,6-7,11H,4-5,8-10,15H2,1H3/t11-/m1/s1. The molecule has 2 rings (SSSR count). The second-order valence-corrected chi connectivity index (χ2v) is 4.70. The van der Waals surface area contributed by atoms with E-state index in [2.05, 4.69) is 0 Å². The molecule has 1 amide bonds. The molecule has 0 spiro atoms. The Kier molecular flexibility index (Phi) is 4.20. The van der Waals surface area contributed by atoms with Crippen LogP contribution in [0.15, 0.2) is 24.3 Å². The van der Waals surface area contributed by atoms with E-state index in [9.17, 15) is 4.79 Å².